The molecule has 7 heteroatoms. The van der Waals surface area contributed by atoms with E-state index in [1.165, 1.54) is 0 Å². The Balaban J connectivity index is 1.61. The van der Waals surface area contributed by atoms with Gasteiger partial charge in [-0.2, -0.15) is 0 Å². The van der Waals surface area contributed by atoms with Crippen LogP contribution in [0.15, 0.2) is 24.3 Å². The summed E-state index contributed by atoms with van der Waals surface area (Å²) in [6, 6.07) is 8.31. The summed E-state index contributed by atoms with van der Waals surface area (Å²) < 4.78 is 0. The Kier molecular flexibility index (Phi) is 6.11. The molecule has 2 saturated heterocycles. The fourth-order valence-corrected chi connectivity index (χ4v) is 3.74. The molecule has 1 aromatic carbocycles. The highest BCUT2D eigenvalue weighted by molar-refractivity contribution is 5.76. The Morgan fingerprint density at radius 3 is 2.54 bits per heavy atom. The van der Waals surface area contributed by atoms with E-state index in [2.05, 4.69) is 22.2 Å². The third-order valence-corrected chi connectivity index (χ3v) is 5.57. The van der Waals surface area contributed by atoms with Crippen LogP contribution in [0.2, 0.25) is 0 Å². The van der Waals surface area contributed by atoms with Crippen molar-refractivity contribution in [2.45, 2.75) is 18.9 Å². The standard InChI is InChI=1S/C19H28N4O3/c1-21-11-8-20-12-18(21)13-23(14-24)17-4-2-16(3-5-17)22-9-6-15(7-10-22)19(25)26/h2-5,14-15,18,20H,6-13H2,1H3,(H,25,26). The zero-order chi connectivity index (χ0) is 18.5. The number of carboxylic acids is 1. The van der Waals surface area contributed by atoms with Crippen LogP contribution in [-0.2, 0) is 9.59 Å². The van der Waals surface area contributed by atoms with Gasteiger partial charge in [-0.3, -0.25) is 14.5 Å². The summed E-state index contributed by atoms with van der Waals surface area (Å²) >= 11 is 0. The largest absolute Gasteiger partial charge is 0.481 e. The van der Waals surface area contributed by atoms with E-state index in [0.717, 1.165) is 50.5 Å². The summed E-state index contributed by atoms with van der Waals surface area (Å²) in [7, 11) is 2.10. The van der Waals surface area contributed by atoms with Crippen LogP contribution < -0.4 is 15.1 Å². The van der Waals surface area contributed by atoms with E-state index in [-0.39, 0.29) is 5.92 Å². The Morgan fingerprint density at radius 1 is 1.27 bits per heavy atom. The van der Waals surface area contributed by atoms with Crippen molar-refractivity contribution >= 4 is 23.8 Å². The number of hydrogen-bond acceptors (Lipinski definition) is 5. The number of piperidine rings is 1. The summed E-state index contributed by atoms with van der Waals surface area (Å²) in [5, 5.41) is 12.5. The number of hydrogen-bond donors (Lipinski definition) is 2. The van der Waals surface area contributed by atoms with Crippen LogP contribution in [0, 0.1) is 5.92 Å². The second-order valence-electron chi connectivity index (χ2n) is 7.21. The molecule has 1 unspecified atom stereocenters. The number of rotatable bonds is 6. The first-order valence-corrected chi connectivity index (χ1v) is 9.29. The van der Waals surface area contributed by atoms with E-state index in [0.29, 0.717) is 25.4 Å². The molecule has 0 aliphatic carbocycles. The molecule has 142 valence electrons. The smallest absolute Gasteiger partial charge is 0.306 e. The molecule has 3 rings (SSSR count). The molecule has 2 N–H and O–H groups in total. The van der Waals surface area contributed by atoms with E-state index in [4.69, 9.17) is 5.11 Å². The topological polar surface area (TPSA) is 76.1 Å². The maximum Gasteiger partial charge on any atom is 0.306 e. The molecular weight excluding hydrogens is 332 g/mol. The number of aliphatic carboxylic acids is 1. The lowest BCUT2D eigenvalue weighted by molar-refractivity contribution is -0.142. The van der Waals surface area contributed by atoms with Gasteiger partial charge in [0, 0.05) is 56.7 Å². The molecule has 2 heterocycles. The maximum absolute atomic E-state index is 11.6. The van der Waals surface area contributed by atoms with Gasteiger partial charge in [0.2, 0.25) is 6.41 Å². The van der Waals surface area contributed by atoms with Crippen molar-refractivity contribution in [3.63, 3.8) is 0 Å². The van der Waals surface area contributed by atoms with Gasteiger partial charge in [0.05, 0.1) is 5.92 Å². The molecule has 7 nitrogen and oxygen atoms in total. The normalized spacial score (nSPS) is 22.2. The van der Waals surface area contributed by atoms with Crippen LogP contribution in [0.3, 0.4) is 0 Å². The summed E-state index contributed by atoms with van der Waals surface area (Å²) in [4.78, 5) is 28.9. The molecule has 0 saturated carbocycles. The van der Waals surface area contributed by atoms with E-state index >= 15 is 0 Å². The van der Waals surface area contributed by atoms with Crippen molar-refractivity contribution in [2.75, 3.05) is 56.1 Å². The van der Waals surface area contributed by atoms with Gasteiger partial charge in [-0.15, -0.1) is 0 Å². The van der Waals surface area contributed by atoms with Gasteiger partial charge in [-0.25, -0.2) is 0 Å². The van der Waals surface area contributed by atoms with Gasteiger partial charge in [0.15, 0.2) is 0 Å². The molecule has 1 amide bonds. The van der Waals surface area contributed by atoms with Gasteiger partial charge in [0.1, 0.15) is 0 Å². The minimum absolute atomic E-state index is 0.225. The van der Waals surface area contributed by atoms with Gasteiger partial charge >= 0.3 is 5.97 Å². The van der Waals surface area contributed by atoms with Gasteiger partial charge in [-0.05, 0) is 44.2 Å². The Hall–Kier alpha value is -2.12. The quantitative estimate of drug-likeness (QED) is 0.733. The molecule has 26 heavy (non-hydrogen) atoms. The third-order valence-electron chi connectivity index (χ3n) is 5.57. The van der Waals surface area contributed by atoms with Crippen LogP contribution >= 0.6 is 0 Å². The molecule has 0 bridgehead atoms. The van der Waals surface area contributed by atoms with Gasteiger partial charge in [-0.1, -0.05) is 0 Å². The molecular formula is C19H28N4O3. The minimum Gasteiger partial charge on any atom is -0.481 e. The molecule has 2 aliphatic rings. The predicted molar refractivity (Wildman–Crippen MR) is 102 cm³/mol. The zero-order valence-electron chi connectivity index (χ0n) is 15.3. The lowest BCUT2D eigenvalue weighted by Crippen LogP contribution is -2.54. The Labute approximate surface area is 154 Å². The molecule has 0 aromatic heterocycles. The number of amides is 1. The fourth-order valence-electron chi connectivity index (χ4n) is 3.74. The summed E-state index contributed by atoms with van der Waals surface area (Å²) in [6.45, 7) is 5.04. The minimum atomic E-state index is -0.691. The molecule has 0 radical (unpaired) electrons. The number of anilines is 2. The highest BCUT2D eigenvalue weighted by Gasteiger charge is 2.25. The average Bonchev–Trinajstić information content (AvgIpc) is 2.68. The molecule has 1 aromatic rings. The van der Waals surface area contributed by atoms with E-state index in [1.807, 2.05) is 24.3 Å². The van der Waals surface area contributed by atoms with Gasteiger partial charge in [0.25, 0.3) is 0 Å². The van der Waals surface area contributed by atoms with Crippen molar-refractivity contribution in [3.8, 4) is 0 Å². The maximum atomic E-state index is 11.6. The number of carbonyl (C=O) groups excluding carboxylic acids is 1. The Morgan fingerprint density at radius 2 is 1.96 bits per heavy atom. The fraction of sp³-hybridized carbons (Fsp3) is 0.579. The number of nitrogens with one attached hydrogen (secondary N) is 1. The van der Waals surface area contributed by atoms with E-state index < -0.39 is 5.97 Å². The van der Waals surface area contributed by atoms with Crippen molar-refractivity contribution in [2.24, 2.45) is 5.92 Å². The number of carboxylic acid groups (broad SMARTS) is 1. The second kappa shape index (κ2) is 8.51. The van der Waals surface area contributed by atoms with Crippen LogP contribution in [0.1, 0.15) is 12.8 Å². The van der Waals surface area contributed by atoms with Crippen LogP contribution in [0.25, 0.3) is 0 Å². The molecule has 0 spiro atoms. The highest BCUT2D eigenvalue weighted by Crippen LogP contribution is 2.26. The SMILES string of the molecule is CN1CCNCC1CN(C=O)c1ccc(N2CCC(C(=O)O)CC2)cc1. The first-order valence-electron chi connectivity index (χ1n) is 9.29. The molecule has 2 fully saturated rings. The zero-order valence-corrected chi connectivity index (χ0v) is 15.3. The predicted octanol–water partition coefficient (Wildman–Crippen LogP) is 0.854. The highest BCUT2D eigenvalue weighted by atomic mass is 16.4. The van der Waals surface area contributed by atoms with E-state index in [1.54, 1.807) is 4.90 Å². The van der Waals surface area contributed by atoms with Crippen molar-refractivity contribution in [1.29, 1.82) is 0 Å². The second-order valence-corrected chi connectivity index (χ2v) is 7.21. The van der Waals surface area contributed by atoms with Crippen LogP contribution in [0.4, 0.5) is 11.4 Å². The monoisotopic (exact) mass is 360 g/mol. The van der Waals surface area contributed by atoms with Crippen molar-refractivity contribution in [3.05, 3.63) is 24.3 Å². The number of nitrogens with zero attached hydrogens (tertiary/aromatic N) is 3. The molecule has 1 atom stereocenters. The third kappa shape index (κ3) is 4.34. The first-order chi connectivity index (χ1) is 12.6. The lowest BCUT2D eigenvalue weighted by Gasteiger charge is -2.36. The number of benzene rings is 1. The first kappa shape index (κ1) is 18.7. The Bertz CT molecular complexity index is 614. The number of piperazine rings is 1. The number of likely N-dealkylation sites (N-methyl/N-ethyl adjacent to an activating group) is 1. The summed E-state index contributed by atoms with van der Waals surface area (Å²) in [5.41, 5.74) is 1.98. The van der Waals surface area contributed by atoms with Crippen LogP contribution in [0.5, 0.6) is 0 Å². The van der Waals surface area contributed by atoms with E-state index in [9.17, 15) is 9.59 Å². The lowest BCUT2D eigenvalue weighted by atomic mass is 9.97. The summed E-state index contributed by atoms with van der Waals surface area (Å²) in [6.07, 6.45) is 2.26. The summed E-state index contributed by atoms with van der Waals surface area (Å²) in [5.74, 6) is -0.916. The van der Waals surface area contributed by atoms with Crippen LogP contribution in [-0.4, -0.2) is 74.7 Å². The van der Waals surface area contributed by atoms with Crippen molar-refractivity contribution in [1.82, 2.24) is 10.2 Å². The number of carbonyl (C=O) groups is 2. The average molecular weight is 360 g/mol. The molecule has 2 aliphatic heterocycles. The van der Waals surface area contributed by atoms with Gasteiger partial charge < -0.3 is 20.2 Å². The van der Waals surface area contributed by atoms with Crippen molar-refractivity contribution < 1.29 is 14.7 Å².